The smallest absolute Gasteiger partial charge is 0.0343 e. The van der Waals surface area contributed by atoms with Crippen LogP contribution in [0.4, 0.5) is 0 Å². The van der Waals surface area contributed by atoms with E-state index < -0.39 is 0 Å². The van der Waals surface area contributed by atoms with Crippen molar-refractivity contribution in [2.75, 3.05) is 26.7 Å². The van der Waals surface area contributed by atoms with Gasteiger partial charge in [-0.3, -0.25) is 0 Å². The van der Waals surface area contributed by atoms with E-state index in [0.717, 1.165) is 12.5 Å². The zero-order valence-electron chi connectivity index (χ0n) is 12.6. The van der Waals surface area contributed by atoms with Crippen LogP contribution in [-0.2, 0) is 0 Å². The van der Waals surface area contributed by atoms with Crippen molar-refractivity contribution in [1.29, 1.82) is 0 Å². The summed E-state index contributed by atoms with van der Waals surface area (Å²) < 4.78 is 0. The largest absolute Gasteiger partial charge is 0.309 e. The van der Waals surface area contributed by atoms with Crippen molar-refractivity contribution in [3.05, 3.63) is 35.9 Å². The molecule has 1 heterocycles. The van der Waals surface area contributed by atoms with Crippen LogP contribution < -0.4 is 5.32 Å². The molecule has 1 aromatic rings. The summed E-state index contributed by atoms with van der Waals surface area (Å²) in [6.07, 6.45) is 2.67. The maximum atomic E-state index is 3.80. The van der Waals surface area contributed by atoms with Gasteiger partial charge in [-0.2, -0.15) is 0 Å². The van der Waals surface area contributed by atoms with Gasteiger partial charge in [-0.15, -0.1) is 0 Å². The summed E-state index contributed by atoms with van der Waals surface area (Å²) in [6, 6.07) is 11.3. The lowest BCUT2D eigenvalue weighted by molar-refractivity contribution is 0.209. The van der Waals surface area contributed by atoms with Crippen molar-refractivity contribution >= 4 is 0 Å². The van der Waals surface area contributed by atoms with Gasteiger partial charge in [-0.05, 0) is 56.9 Å². The fraction of sp³-hybridized carbons (Fsp3) is 0.647. The maximum absolute atomic E-state index is 3.80. The van der Waals surface area contributed by atoms with E-state index >= 15 is 0 Å². The second kappa shape index (κ2) is 7.06. The molecule has 0 spiro atoms. The van der Waals surface area contributed by atoms with Gasteiger partial charge in [0.25, 0.3) is 0 Å². The molecule has 1 N–H and O–H groups in total. The summed E-state index contributed by atoms with van der Waals surface area (Å²) in [4.78, 5) is 2.44. The Balaban J connectivity index is 1.88. The molecule has 1 atom stereocenters. The first-order chi connectivity index (χ1) is 9.16. The summed E-state index contributed by atoms with van der Waals surface area (Å²) in [5.41, 5.74) is 1.42. The molecule has 1 saturated heterocycles. The van der Waals surface area contributed by atoms with Gasteiger partial charge in [0.1, 0.15) is 0 Å². The highest BCUT2D eigenvalue weighted by Crippen LogP contribution is 2.23. The normalized spacial score (nSPS) is 19.8. The third-order valence-electron chi connectivity index (χ3n) is 4.29. The van der Waals surface area contributed by atoms with Crippen molar-refractivity contribution in [3.8, 4) is 0 Å². The number of likely N-dealkylation sites (tertiary alicyclic amines) is 1. The lowest BCUT2D eigenvalue weighted by Gasteiger charge is -2.31. The molecular formula is C17H28N2. The predicted molar refractivity (Wildman–Crippen MR) is 82.2 cm³/mol. The Morgan fingerprint density at radius 3 is 2.37 bits per heavy atom. The minimum absolute atomic E-state index is 0.487. The van der Waals surface area contributed by atoms with E-state index in [1.54, 1.807) is 0 Å². The quantitative estimate of drug-likeness (QED) is 0.873. The van der Waals surface area contributed by atoms with Crippen LogP contribution in [0.2, 0.25) is 0 Å². The highest BCUT2D eigenvalue weighted by molar-refractivity contribution is 5.19. The molecule has 2 rings (SSSR count). The fourth-order valence-electron chi connectivity index (χ4n) is 2.96. The average molecular weight is 260 g/mol. The maximum Gasteiger partial charge on any atom is 0.0343 e. The Labute approximate surface area is 118 Å². The molecule has 0 aliphatic carbocycles. The van der Waals surface area contributed by atoms with Gasteiger partial charge < -0.3 is 10.2 Å². The molecular weight excluding hydrogens is 232 g/mol. The summed E-state index contributed by atoms with van der Waals surface area (Å²) in [6.45, 7) is 8.28. The van der Waals surface area contributed by atoms with Gasteiger partial charge in [0.15, 0.2) is 0 Å². The van der Waals surface area contributed by atoms with E-state index in [4.69, 9.17) is 0 Å². The first-order valence-corrected chi connectivity index (χ1v) is 7.63. The van der Waals surface area contributed by atoms with Crippen LogP contribution in [0.5, 0.6) is 0 Å². The topological polar surface area (TPSA) is 15.3 Å². The molecule has 0 radical (unpaired) electrons. The zero-order chi connectivity index (χ0) is 13.7. The Morgan fingerprint density at radius 2 is 1.79 bits per heavy atom. The fourth-order valence-corrected chi connectivity index (χ4v) is 2.96. The van der Waals surface area contributed by atoms with Crippen LogP contribution in [-0.4, -0.2) is 31.6 Å². The van der Waals surface area contributed by atoms with Gasteiger partial charge in [0, 0.05) is 6.04 Å². The minimum atomic E-state index is 0.487. The molecule has 1 fully saturated rings. The monoisotopic (exact) mass is 260 g/mol. The Bertz CT molecular complexity index is 353. The summed E-state index contributed by atoms with van der Waals surface area (Å²) in [7, 11) is 2.23. The molecule has 0 saturated carbocycles. The molecule has 0 aromatic heterocycles. The number of hydrogen-bond donors (Lipinski definition) is 1. The average Bonchev–Trinajstić information content (AvgIpc) is 2.42. The summed E-state index contributed by atoms with van der Waals surface area (Å²) >= 11 is 0. The van der Waals surface area contributed by atoms with E-state index in [1.165, 1.54) is 31.5 Å². The van der Waals surface area contributed by atoms with Crippen LogP contribution in [0.3, 0.4) is 0 Å². The molecule has 0 bridgehead atoms. The van der Waals surface area contributed by atoms with Crippen molar-refractivity contribution in [2.45, 2.75) is 32.7 Å². The number of hydrogen-bond acceptors (Lipinski definition) is 2. The van der Waals surface area contributed by atoms with Crippen LogP contribution >= 0.6 is 0 Å². The van der Waals surface area contributed by atoms with Gasteiger partial charge in [0.2, 0.25) is 0 Å². The third kappa shape index (κ3) is 4.32. The summed E-state index contributed by atoms with van der Waals surface area (Å²) in [5, 5.41) is 3.80. The molecule has 1 unspecified atom stereocenters. The lowest BCUT2D eigenvalue weighted by atomic mass is 9.93. The zero-order valence-corrected chi connectivity index (χ0v) is 12.6. The van der Waals surface area contributed by atoms with Crippen molar-refractivity contribution in [3.63, 3.8) is 0 Å². The number of nitrogens with one attached hydrogen (secondary N) is 1. The molecule has 1 aromatic carbocycles. The van der Waals surface area contributed by atoms with Crippen LogP contribution in [0.15, 0.2) is 30.3 Å². The molecule has 2 nitrogen and oxygen atoms in total. The van der Waals surface area contributed by atoms with E-state index in [-0.39, 0.29) is 0 Å². The van der Waals surface area contributed by atoms with E-state index in [9.17, 15) is 0 Å². The van der Waals surface area contributed by atoms with Crippen LogP contribution in [0.1, 0.15) is 38.3 Å². The molecule has 1 aliphatic heterocycles. The van der Waals surface area contributed by atoms with Crippen molar-refractivity contribution < 1.29 is 0 Å². The second-order valence-corrected chi connectivity index (χ2v) is 6.29. The number of piperidine rings is 1. The second-order valence-electron chi connectivity index (χ2n) is 6.29. The SMILES string of the molecule is CC(C)C(NCC1CCN(C)CC1)c1ccccc1. The van der Waals surface area contributed by atoms with Crippen LogP contribution in [0, 0.1) is 11.8 Å². The van der Waals surface area contributed by atoms with Gasteiger partial charge in [-0.1, -0.05) is 44.2 Å². The Kier molecular flexibility index (Phi) is 5.41. The highest BCUT2D eigenvalue weighted by Gasteiger charge is 2.20. The van der Waals surface area contributed by atoms with Crippen LogP contribution in [0.25, 0.3) is 0 Å². The summed E-state index contributed by atoms with van der Waals surface area (Å²) in [5.74, 6) is 1.48. The van der Waals surface area contributed by atoms with E-state index in [0.29, 0.717) is 12.0 Å². The molecule has 19 heavy (non-hydrogen) atoms. The Hall–Kier alpha value is -0.860. The van der Waals surface area contributed by atoms with Gasteiger partial charge in [-0.25, -0.2) is 0 Å². The number of benzene rings is 1. The predicted octanol–water partition coefficient (Wildman–Crippen LogP) is 3.32. The Morgan fingerprint density at radius 1 is 1.16 bits per heavy atom. The molecule has 1 aliphatic rings. The van der Waals surface area contributed by atoms with E-state index in [1.807, 2.05) is 0 Å². The van der Waals surface area contributed by atoms with Crippen molar-refractivity contribution in [1.82, 2.24) is 10.2 Å². The third-order valence-corrected chi connectivity index (χ3v) is 4.29. The minimum Gasteiger partial charge on any atom is -0.309 e. The molecule has 106 valence electrons. The number of rotatable bonds is 5. The van der Waals surface area contributed by atoms with Gasteiger partial charge >= 0.3 is 0 Å². The molecule has 2 heteroatoms. The first-order valence-electron chi connectivity index (χ1n) is 7.63. The number of nitrogens with zero attached hydrogens (tertiary/aromatic N) is 1. The standard InChI is InChI=1S/C17H28N2/c1-14(2)17(16-7-5-4-6-8-16)18-13-15-9-11-19(3)12-10-15/h4-8,14-15,17-18H,9-13H2,1-3H3. The highest BCUT2D eigenvalue weighted by atomic mass is 15.1. The first kappa shape index (κ1) is 14.5. The van der Waals surface area contributed by atoms with Crippen molar-refractivity contribution in [2.24, 2.45) is 11.8 Å². The van der Waals surface area contributed by atoms with Gasteiger partial charge in [0.05, 0.1) is 0 Å². The molecule has 0 amide bonds. The lowest BCUT2D eigenvalue weighted by Crippen LogP contribution is -2.37. The van der Waals surface area contributed by atoms with E-state index in [2.05, 4.69) is 61.4 Å².